The van der Waals surface area contributed by atoms with Crippen molar-refractivity contribution in [2.75, 3.05) is 16.8 Å². The zero-order valence-electron chi connectivity index (χ0n) is 16.6. The summed E-state index contributed by atoms with van der Waals surface area (Å²) in [5.41, 5.74) is 4.50. The molecule has 0 radical (unpaired) electrons. The molecule has 3 aromatic rings. The zero-order valence-corrected chi connectivity index (χ0v) is 17.4. The average Bonchev–Trinajstić information content (AvgIpc) is 3.30. The molecule has 1 aliphatic rings. The maximum atomic E-state index is 12.4. The van der Waals surface area contributed by atoms with Gasteiger partial charge in [0.1, 0.15) is 0 Å². The first kappa shape index (κ1) is 19.3. The highest BCUT2D eigenvalue weighted by molar-refractivity contribution is 7.16. The number of carbonyl (C=O) groups is 2. The largest absolute Gasteiger partial charge is 0.312 e. The third-order valence-electron chi connectivity index (χ3n) is 4.95. The van der Waals surface area contributed by atoms with Gasteiger partial charge in [-0.15, -0.1) is 11.3 Å². The van der Waals surface area contributed by atoms with Gasteiger partial charge < -0.3 is 4.90 Å². The lowest BCUT2D eigenvalue weighted by atomic mass is 10.1. The number of nitrogens with one attached hydrogen (secondary N) is 1. The lowest BCUT2D eigenvalue weighted by molar-refractivity contribution is -0.121. The quantitative estimate of drug-likeness (QED) is 0.700. The number of aryl methyl sites for hydroxylation is 1. The number of rotatable bonds is 4. The molecule has 1 aliphatic heterocycles. The van der Waals surface area contributed by atoms with Crippen LogP contribution in [0, 0.1) is 12.8 Å². The molecule has 0 bridgehead atoms. The van der Waals surface area contributed by atoms with Gasteiger partial charge in [0.2, 0.25) is 5.91 Å². The standard InChI is InChI=1S/C22H22N4O2S/c1-13(2)21(28)26-10-8-15-11-16(6-7-18(15)26)19-14(3)29-22(24-19)25-20(27)17-5-4-9-23-12-17/h4-7,9,11-13H,8,10H2,1-3H3,(H,24,25,27). The van der Waals surface area contributed by atoms with E-state index < -0.39 is 0 Å². The van der Waals surface area contributed by atoms with Crippen LogP contribution in [0.25, 0.3) is 11.3 Å². The van der Waals surface area contributed by atoms with Gasteiger partial charge in [0, 0.05) is 41.0 Å². The van der Waals surface area contributed by atoms with E-state index in [0.29, 0.717) is 10.7 Å². The predicted molar refractivity (Wildman–Crippen MR) is 115 cm³/mol. The van der Waals surface area contributed by atoms with E-state index in [1.54, 1.807) is 18.3 Å². The lowest BCUT2D eigenvalue weighted by Gasteiger charge is -2.19. The van der Waals surface area contributed by atoms with Crippen LogP contribution in [0.1, 0.15) is 34.6 Å². The van der Waals surface area contributed by atoms with Gasteiger partial charge in [0.05, 0.1) is 11.3 Å². The number of fused-ring (bicyclic) bond motifs is 1. The summed E-state index contributed by atoms with van der Waals surface area (Å²) in [4.78, 5) is 36.3. The van der Waals surface area contributed by atoms with Crippen LogP contribution in [-0.2, 0) is 11.2 Å². The monoisotopic (exact) mass is 406 g/mol. The normalized spacial score (nSPS) is 12.9. The summed E-state index contributed by atoms with van der Waals surface area (Å²) >= 11 is 1.45. The molecule has 148 valence electrons. The fourth-order valence-corrected chi connectivity index (χ4v) is 4.30. The molecular formula is C22H22N4O2S. The van der Waals surface area contributed by atoms with E-state index in [1.807, 2.05) is 37.8 Å². The summed E-state index contributed by atoms with van der Waals surface area (Å²) in [7, 11) is 0. The fourth-order valence-electron chi connectivity index (χ4n) is 3.47. The number of hydrogen-bond donors (Lipinski definition) is 1. The van der Waals surface area contributed by atoms with E-state index in [9.17, 15) is 9.59 Å². The van der Waals surface area contributed by atoms with Crippen LogP contribution in [0.2, 0.25) is 0 Å². The second-order valence-electron chi connectivity index (χ2n) is 7.36. The third kappa shape index (κ3) is 3.78. The summed E-state index contributed by atoms with van der Waals surface area (Å²) in [6, 6.07) is 9.56. The van der Waals surface area contributed by atoms with Crippen LogP contribution in [0.3, 0.4) is 0 Å². The minimum atomic E-state index is -0.227. The third-order valence-corrected chi connectivity index (χ3v) is 5.84. The first-order valence-corrected chi connectivity index (χ1v) is 10.4. The Labute approximate surface area is 173 Å². The van der Waals surface area contributed by atoms with E-state index in [2.05, 4.69) is 21.4 Å². The number of pyridine rings is 1. The first-order chi connectivity index (χ1) is 13.9. The Balaban J connectivity index is 1.57. The molecule has 0 aliphatic carbocycles. The molecule has 29 heavy (non-hydrogen) atoms. The SMILES string of the molecule is Cc1sc(NC(=O)c2cccnc2)nc1-c1ccc2c(c1)CCN2C(=O)C(C)C. The highest BCUT2D eigenvalue weighted by Crippen LogP contribution is 2.36. The van der Waals surface area contributed by atoms with Crippen molar-refractivity contribution in [2.24, 2.45) is 5.92 Å². The lowest BCUT2D eigenvalue weighted by Crippen LogP contribution is -2.32. The molecule has 4 rings (SSSR count). The van der Waals surface area contributed by atoms with E-state index in [4.69, 9.17) is 0 Å². The summed E-state index contributed by atoms with van der Waals surface area (Å²) in [6.45, 7) is 6.57. The highest BCUT2D eigenvalue weighted by atomic mass is 32.1. The summed E-state index contributed by atoms with van der Waals surface area (Å²) in [5, 5.41) is 3.41. The van der Waals surface area contributed by atoms with E-state index >= 15 is 0 Å². The molecule has 2 aromatic heterocycles. The van der Waals surface area contributed by atoms with Gasteiger partial charge in [-0.3, -0.25) is 19.9 Å². The van der Waals surface area contributed by atoms with Gasteiger partial charge in [-0.25, -0.2) is 4.98 Å². The van der Waals surface area contributed by atoms with Gasteiger partial charge >= 0.3 is 0 Å². The summed E-state index contributed by atoms with van der Waals surface area (Å²) in [5.74, 6) is -0.0932. The van der Waals surface area contributed by atoms with E-state index in [1.165, 1.54) is 17.5 Å². The van der Waals surface area contributed by atoms with Crippen molar-refractivity contribution in [3.63, 3.8) is 0 Å². The van der Waals surface area contributed by atoms with E-state index in [-0.39, 0.29) is 17.7 Å². The van der Waals surface area contributed by atoms with Crippen LogP contribution in [0.5, 0.6) is 0 Å². The predicted octanol–water partition coefficient (Wildman–Crippen LogP) is 4.31. The molecule has 1 aromatic carbocycles. The molecule has 0 fully saturated rings. The number of anilines is 2. The molecule has 7 heteroatoms. The molecule has 0 saturated carbocycles. The van der Waals surface area contributed by atoms with Crippen molar-refractivity contribution in [1.82, 2.24) is 9.97 Å². The molecule has 0 spiro atoms. The second-order valence-corrected chi connectivity index (χ2v) is 8.56. The molecule has 0 saturated heterocycles. The maximum absolute atomic E-state index is 12.4. The number of nitrogens with zero attached hydrogens (tertiary/aromatic N) is 3. The molecule has 0 atom stereocenters. The molecule has 0 unspecified atom stereocenters. The highest BCUT2D eigenvalue weighted by Gasteiger charge is 2.27. The summed E-state index contributed by atoms with van der Waals surface area (Å²) in [6.07, 6.45) is 4.00. The van der Waals surface area contributed by atoms with Crippen molar-refractivity contribution >= 4 is 34.0 Å². The topological polar surface area (TPSA) is 75.2 Å². The molecule has 1 N–H and O–H groups in total. The Morgan fingerprint density at radius 2 is 2.07 bits per heavy atom. The Hall–Kier alpha value is -3.06. The zero-order chi connectivity index (χ0) is 20.5. The van der Waals surface area contributed by atoms with Crippen LogP contribution in [0.15, 0.2) is 42.7 Å². The van der Waals surface area contributed by atoms with Gasteiger partial charge in [0.25, 0.3) is 5.91 Å². The summed E-state index contributed by atoms with van der Waals surface area (Å²) < 4.78 is 0. The Kier molecular flexibility index (Phi) is 5.15. The number of amides is 2. The van der Waals surface area contributed by atoms with Crippen LogP contribution in [0.4, 0.5) is 10.8 Å². The Morgan fingerprint density at radius 1 is 1.24 bits per heavy atom. The van der Waals surface area contributed by atoms with Crippen molar-refractivity contribution in [1.29, 1.82) is 0 Å². The number of hydrogen-bond acceptors (Lipinski definition) is 5. The van der Waals surface area contributed by atoms with Crippen molar-refractivity contribution in [2.45, 2.75) is 27.2 Å². The molecule has 6 nitrogen and oxygen atoms in total. The van der Waals surface area contributed by atoms with Gasteiger partial charge in [-0.1, -0.05) is 19.9 Å². The van der Waals surface area contributed by atoms with Gasteiger partial charge in [-0.05, 0) is 43.2 Å². The van der Waals surface area contributed by atoms with E-state index in [0.717, 1.165) is 40.4 Å². The van der Waals surface area contributed by atoms with Crippen LogP contribution in [-0.4, -0.2) is 28.3 Å². The number of benzene rings is 1. The van der Waals surface area contributed by atoms with Crippen molar-refractivity contribution in [3.8, 4) is 11.3 Å². The average molecular weight is 407 g/mol. The van der Waals surface area contributed by atoms with Gasteiger partial charge in [-0.2, -0.15) is 0 Å². The smallest absolute Gasteiger partial charge is 0.259 e. The molecular weight excluding hydrogens is 384 g/mol. The fraction of sp³-hybridized carbons (Fsp3) is 0.273. The Morgan fingerprint density at radius 3 is 2.79 bits per heavy atom. The minimum absolute atomic E-state index is 0.0209. The Bertz CT molecular complexity index is 1080. The van der Waals surface area contributed by atoms with Crippen molar-refractivity contribution in [3.05, 3.63) is 58.7 Å². The number of carbonyl (C=O) groups excluding carboxylic acids is 2. The first-order valence-electron chi connectivity index (χ1n) is 9.57. The minimum Gasteiger partial charge on any atom is -0.312 e. The van der Waals surface area contributed by atoms with Crippen molar-refractivity contribution < 1.29 is 9.59 Å². The number of thiazole rings is 1. The molecule has 2 amide bonds. The van der Waals surface area contributed by atoms with Gasteiger partial charge in [0.15, 0.2) is 5.13 Å². The number of aromatic nitrogens is 2. The van der Waals surface area contributed by atoms with Crippen LogP contribution >= 0.6 is 11.3 Å². The maximum Gasteiger partial charge on any atom is 0.259 e. The molecule has 3 heterocycles. The van der Waals surface area contributed by atoms with Crippen LogP contribution < -0.4 is 10.2 Å². The second kappa shape index (κ2) is 7.75.